The van der Waals surface area contributed by atoms with E-state index in [0.29, 0.717) is 19.5 Å². The minimum absolute atomic E-state index is 0. The second-order valence-electron chi connectivity index (χ2n) is 7.56. The predicted molar refractivity (Wildman–Crippen MR) is 137 cm³/mol. The molecule has 1 aliphatic heterocycles. The van der Waals surface area contributed by atoms with Gasteiger partial charge in [0.2, 0.25) is 5.25 Å². The molecule has 184 valence electrons. The fourth-order valence-electron chi connectivity index (χ4n) is 3.82. The van der Waals surface area contributed by atoms with Gasteiger partial charge in [-0.15, -0.1) is 0 Å². The van der Waals surface area contributed by atoms with Crippen molar-refractivity contribution in [3.8, 4) is 12.1 Å². The molecule has 2 aromatic carbocycles. The minimum Gasteiger partial charge on any atom is -0.456 e. The van der Waals surface area contributed by atoms with Crippen LogP contribution in [0.1, 0.15) is 12.8 Å². The van der Waals surface area contributed by atoms with E-state index in [9.17, 15) is 12.6 Å². The molecule has 2 aromatic rings. The maximum Gasteiger partial charge on any atom is 1.00 e. The molecule has 1 heterocycles. The normalized spacial score (nSPS) is 11.5. The Bertz CT molecular complexity index is 1420. The summed E-state index contributed by atoms with van der Waals surface area (Å²) < 4.78 is 41.7. The third kappa shape index (κ3) is 7.59. The Labute approximate surface area is 248 Å². The van der Waals surface area contributed by atoms with Gasteiger partial charge in [-0.25, -0.2) is 8.42 Å². The summed E-state index contributed by atoms with van der Waals surface area (Å²) in [4.78, 5) is 9.91. The molecule has 0 aromatic heterocycles. The fourth-order valence-corrected chi connectivity index (χ4v) is 5.44. The molecule has 0 unspecified atom stereocenters. The molecule has 10 nitrogen and oxygen atoms in total. The Morgan fingerprint density at radius 2 is 1.32 bits per heavy atom. The van der Waals surface area contributed by atoms with Crippen LogP contribution in [0.5, 0.6) is 0 Å². The average molecular weight is 535 g/mol. The summed E-state index contributed by atoms with van der Waals surface area (Å²) in [6, 6.07) is 18.4. The van der Waals surface area contributed by atoms with Crippen LogP contribution < -0.4 is 47.5 Å². The van der Waals surface area contributed by atoms with E-state index < -0.39 is 30.9 Å². The van der Waals surface area contributed by atoms with Crippen molar-refractivity contribution in [2.45, 2.75) is 18.1 Å². The summed E-state index contributed by atoms with van der Waals surface area (Å²) in [7, 11) is -5.94. The quantitative estimate of drug-likeness (QED) is 0.110. The molecule has 0 N–H and O–H groups in total. The Morgan fingerprint density at radius 1 is 0.895 bits per heavy atom. The van der Waals surface area contributed by atoms with Gasteiger partial charge >= 0.3 is 42.8 Å². The van der Waals surface area contributed by atoms with Gasteiger partial charge in [0.25, 0.3) is 0 Å². The summed E-state index contributed by atoms with van der Waals surface area (Å²) in [5.74, 6) is -0.286. The van der Waals surface area contributed by atoms with E-state index in [0.717, 1.165) is 22.7 Å². The first-order valence-electron chi connectivity index (χ1n) is 10.8. The number of rotatable bonds is 10. The second kappa shape index (κ2) is 15.5. The Kier molecular flexibility index (Phi) is 13.5. The van der Waals surface area contributed by atoms with Crippen LogP contribution in [0.4, 0.5) is 22.7 Å². The van der Waals surface area contributed by atoms with E-state index in [-0.39, 0.29) is 56.5 Å². The predicted octanol–water partition coefficient (Wildman–Crippen LogP) is -2.28. The number of nitriles is 2. The fraction of sp³-hybridized carbons (Fsp3) is 0.292. The summed E-state index contributed by atoms with van der Waals surface area (Å²) in [5.41, 5.74) is 3.52. The van der Waals surface area contributed by atoms with E-state index in [2.05, 4.69) is 14.6 Å². The topological polar surface area (TPSA) is 123 Å². The molecule has 0 spiro atoms. The standard InChI is InChI=1S/C24H21N6O4S2.2Li/c1-27-24(28-2)35(31)34-15-7-13-29-20-9-3-5-11-22(20)30(23-12-6-4-10-21(23)29)14-8-16-36(32,33)19(17-25)18-26;;/h3-6,9-12,19H,7-8,13-16H2;;/q-1;2*+1. The van der Waals surface area contributed by atoms with Crippen LogP contribution in [0.15, 0.2) is 48.5 Å². The van der Waals surface area contributed by atoms with Crippen molar-refractivity contribution in [1.82, 2.24) is 0 Å². The number of para-hydroxylation sites is 4. The zero-order valence-corrected chi connectivity index (χ0v) is 22.7. The summed E-state index contributed by atoms with van der Waals surface area (Å²) in [6.07, 6.45) is 0.699. The van der Waals surface area contributed by atoms with Gasteiger partial charge in [0, 0.05) is 19.7 Å². The number of sulfone groups is 1. The van der Waals surface area contributed by atoms with Crippen LogP contribution >= 0.6 is 0 Å². The number of nitrogens with zero attached hydrogens (tertiary/aromatic N) is 6. The van der Waals surface area contributed by atoms with Crippen molar-refractivity contribution in [2.24, 2.45) is 0 Å². The van der Waals surface area contributed by atoms with Crippen molar-refractivity contribution in [3.05, 3.63) is 71.4 Å². The van der Waals surface area contributed by atoms with Gasteiger partial charge in [-0.1, -0.05) is 34.9 Å². The molecule has 14 heteroatoms. The number of anilines is 4. The van der Waals surface area contributed by atoms with Crippen LogP contribution in [0, 0.1) is 35.8 Å². The van der Waals surface area contributed by atoms with Gasteiger partial charge in [0.15, 0.2) is 9.84 Å². The number of hydrogen-bond donors (Lipinski definition) is 0. The van der Waals surface area contributed by atoms with Crippen molar-refractivity contribution in [1.29, 1.82) is 10.5 Å². The van der Waals surface area contributed by atoms with Gasteiger partial charge in [-0.2, -0.15) is 20.2 Å². The Morgan fingerprint density at radius 3 is 1.71 bits per heavy atom. The molecule has 0 saturated carbocycles. The molecule has 1 aliphatic rings. The summed E-state index contributed by atoms with van der Waals surface area (Å²) in [5, 5.41) is 15.7. The SMILES string of the molecule is [C-]#[N+]C([N+]#[C-])=[S-](=O)OCCCN1c2ccccc2N(CCCS(=O)(=O)C(C#N)C#N)c2ccccc21.[Li+].[Li+]. The smallest absolute Gasteiger partial charge is 0.456 e. The van der Waals surface area contributed by atoms with Gasteiger partial charge in [-0.3, -0.25) is 0 Å². The second-order valence-corrected chi connectivity index (χ2v) is 10.8. The molecule has 0 bridgehead atoms. The van der Waals surface area contributed by atoms with E-state index in [1.807, 2.05) is 53.4 Å². The molecule has 0 fully saturated rings. The van der Waals surface area contributed by atoms with Gasteiger partial charge in [0.1, 0.15) is 0 Å². The van der Waals surface area contributed by atoms with Crippen LogP contribution in [-0.4, -0.2) is 44.2 Å². The zero-order chi connectivity index (χ0) is 26.1. The van der Waals surface area contributed by atoms with Crippen molar-refractivity contribution < 1.29 is 54.5 Å². The third-order valence-electron chi connectivity index (χ3n) is 5.39. The number of hydrogen-bond acceptors (Lipinski definition) is 9. The number of fused-ring (bicyclic) bond motifs is 2. The van der Waals surface area contributed by atoms with E-state index in [4.69, 9.17) is 27.9 Å². The summed E-state index contributed by atoms with van der Waals surface area (Å²) >= 11 is 0. The van der Waals surface area contributed by atoms with Crippen molar-refractivity contribution >= 4 is 48.4 Å². The maximum atomic E-state index is 12.3. The molecule has 0 radical (unpaired) electrons. The minimum atomic E-state index is -3.86. The molecule has 3 rings (SSSR count). The van der Waals surface area contributed by atoms with Gasteiger partial charge in [-0.05, 0) is 37.1 Å². The van der Waals surface area contributed by atoms with Crippen LogP contribution in [0.3, 0.4) is 0 Å². The van der Waals surface area contributed by atoms with Crippen molar-refractivity contribution in [2.75, 3.05) is 35.2 Å². The first-order valence-corrected chi connectivity index (χ1v) is 13.6. The first-order chi connectivity index (χ1) is 17.4. The van der Waals surface area contributed by atoms with E-state index in [1.165, 1.54) is 12.1 Å². The molecular formula is C24H21Li2N6O4S2+. The summed E-state index contributed by atoms with van der Waals surface area (Å²) in [6.45, 7) is 14.7. The molecular weight excluding hydrogens is 514 g/mol. The Hall–Kier alpha value is -2.88. The van der Waals surface area contributed by atoms with Crippen LogP contribution in [-0.2, 0) is 28.9 Å². The van der Waals surface area contributed by atoms with Gasteiger partial charge < -0.3 is 18.2 Å². The molecule has 0 amide bonds. The first kappa shape index (κ1) is 33.2. The average Bonchev–Trinajstić information content (AvgIpc) is 2.88. The zero-order valence-electron chi connectivity index (χ0n) is 21.1. The van der Waals surface area contributed by atoms with Crippen molar-refractivity contribution in [3.63, 3.8) is 0 Å². The molecule has 0 atom stereocenters. The number of benzene rings is 2. The maximum absolute atomic E-state index is 12.3. The Balaban J connectivity index is 0.00000361. The largest absolute Gasteiger partial charge is 1.00 e. The van der Waals surface area contributed by atoms with E-state index in [1.54, 1.807) is 0 Å². The monoisotopic (exact) mass is 535 g/mol. The third-order valence-corrected chi connectivity index (χ3v) is 8.04. The molecule has 0 aliphatic carbocycles. The van der Waals surface area contributed by atoms with Crippen LogP contribution in [0.2, 0.25) is 0 Å². The molecule has 38 heavy (non-hydrogen) atoms. The van der Waals surface area contributed by atoms with Gasteiger partial charge in [0.05, 0.1) is 53.8 Å². The van der Waals surface area contributed by atoms with Crippen LogP contribution in [0.25, 0.3) is 9.69 Å². The molecule has 0 saturated heterocycles. The van der Waals surface area contributed by atoms with E-state index >= 15 is 0 Å².